The molecule has 0 spiro atoms. The zero-order valence-electron chi connectivity index (χ0n) is 14.7. The van der Waals surface area contributed by atoms with E-state index in [2.05, 4.69) is 16.5 Å². The standard InChI is InChI=1S/C18H20N4O3/c1-12-8-9-16(13(2)10-12)25-11-14-15(6-5-7-17(14)24-4)22-18(23)21(3)19-20-22/h5-10H,11H2,1-4H3. The molecule has 0 saturated heterocycles. The lowest BCUT2D eigenvalue weighted by Gasteiger charge is -2.15. The molecule has 0 saturated carbocycles. The lowest BCUT2D eigenvalue weighted by Crippen LogP contribution is -2.23. The molecule has 7 nitrogen and oxygen atoms in total. The number of benzene rings is 2. The molecule has 0 atom stereocenters. The maximum Gasteiger partial charge on any atom is 0.368 e. The lowest BCUT2D eigenvalue weighted by molar-refractivity contribution is 0.294. The fourth-order valence-electron chi connectivity index (χ4n) is 2.66. The van der Waals surface area contributed by atoms with Gasteiger partial charge in [-0.25, -0.2) is 4.79 Å². The van der Waals surface area contributed by atoms with Gasteiger partial charge in [-0.15, -0.1) is 0 Å². The normalized spacial score (nSPS) is 10.7. The summed E-state index contributed by atoms with van der Waals surface area (Å²) in [7, 11) is 3.14. The van der Waals surface area contributed by atoms with Gasteiger partial charge in [0.1, 0.15) is 18.1 Å². The molecule has 0 N–H and O–H groups in total. The molecule has 0 bridgehead atoms. The third kappa shape index (κ3) is 3.26. The van der Waals surface area contributed by atoms with Crippen molar-refractivity contribution >= 4 is 0 Å². The second-order valence-corrected chi connectivity index (χ2v) is 5.81. The SMILES string of the molecule is COc1cccc(-n2nnn(C)c2=O)c1COc1ccc(C)cc1C. The Hall–Kier alpha value is -3.09. The number of aryl methyl sites for hydroxylation is 3. The number of rotatable bonds is 5. The zero-order chi connectivity index (χ0) is 18.0. The first-order valence-corrected chi connectivity index (χ1v) is 7.86. The minimum Gasteiger partial charge on any atom is -0.496 e. The number of aromatic nitrogens is 4. The highest BCUT2D eigenvalue weighted by Gasteiger charge is 2.16. The molecule has 0 amide bonds. The molecule has 1 heterocycles. The Bertz CT molecular complexity index is 959. The van der Waals surface area contributed by atoms with Gasteiger partial charge >= 0.3 is 5.69 Å². The smallest absolute Gasteiger partial charge is 0.368 e. The van der Waals surface area contributed by atoms with Gasteiger partial charge in [0.05, 0.1) is 18.4 Å². The Balaban J connectivity index is 1.99. The average molecular weight is 340 g/mol. The van der Waals surface area contributed by atoms with Crippen LogP contribution in [0.3, 0.4) is 0 Å². The Morgan fingerprint density at radius 1 is 1.08 bits per heavy atom. The third-order valence-corrected chi connectivity index (χ3v) is 3.98. The number of methoxy groups -OCH3 is 1. The predicted molar refractivity (Wildman–Crippen MR) is 93.4 cm³/mol. The van der Waals surface area contributed by atoms with Crippen LogP contribution in [0.2, 0.25) is 0 Å². The summed E-state index contributed by atoms with van der Waals surface area (Å²) in [4.78, 5) is 12.2. The largest absolute Gasteiger partial charge is 0.496 e. The quantitative estimate of drug-likeness (QED) is 0.712. The second kappa shape index (κ2) is 6.80. The van der Waals surface area contributed by atoms with Gasteiger partial charge in [0, 0.05) is 7.05 Å². The van der Waals surface area contributed by atoms with E-state index in [1.165, 1.54) is 14.9 Å². The van der Waals surface area contributed by atoms with Crippen LogP contribution in [0.4, 0.5) is 0 Å². The minimum atomic E-state index is -0.332. The molecule has 0 unspecified atom stereocenters. The lowest BCUT2D eigenvalue weighted by atomic mass is 10.1. The van der Waals surface area contributed by atoms with Gasteiger partial charge in [-0.1, -0.05) is 23.8 Å². The topological polar surface area (TPSA) is 71.2 Å². The summed E-state index contributed by atoms with van der Waals surface area (Å²) in [6, 6.07) is 11.4. The van der Waals surface area contributed by atoms with E-state index in [0.29, 0.717) is 11.4 Å². The van der Waals surface area contributed by atoms with Gasteiger partial charge in [-0.2, -0.15) is 9.36 Å². The third-order valence-electron chi connectivity index (χ3n) is 3.98. The van der Waals surface area contributed by atoms with Gasteiger partial charge in [0.15, 0.2) is 0 Å². The monoisotopic (exact) mass is 340 g/mol. The van der Waals surface area contributed by atoms with Crippen molar-refractivity contribution in [2.45, 2.75) is 20.5 Å². The van der Waals surface area contributed by atoms with Crippen LogP contribution in [0.5, 0.6) is 11.5 Å². The van der Waals surface area contributed by atoms with Crippen molar-refractivity contribution in [3.05, 3.63) is 63.6 Å². The first-order chi connectivity index (χ1) is 12.0. The first-order valence-electron chi connectivity index (χ1n) is 7.86. The highest BCUT2D eigenvalue weighted by atomic mass is 16.5. The molecule has 130 valence electrons. The highest BCUT2D eigenvalue weighted by molar-refractivity contribution is 5.49. The van der Waals surface area contributed by atoms with E-state index in [4.69, 9.17) is 9.47 Å². The Kier molecular flexibility index (Phi) is 4.56. The van der Waals surface area contributed by atoms with Crippen LogP contribution >= 0.6 is 0 Å². The summed E-state index contributed by atoms with van der Waals surface area (Å²) < 4.78 is 13.8. The van der Waals surface area contributed by atoms with Crippen LogP contribution in [0.1, 0.15) is 16.7 Å². The molecule has 0 radical (unpaired) electrons. The van der Waals surface area contributed by atoms with Gasteiger partial charge in [0.2, 0.25) is 0 Å². The molecule has 3 rings (SSSR count). The summed E-state index contributed by atoms with van der Waals surface area (Å²) >= 11 is 0. The Morgan fingerprint density at radius 2 is 1.88 bits per heavy atom. The summed E-state index contributed by atoms with van der Waals surface area (Å²) in [5.41, 5.74) is 3.21. The maximum atomic E-state index is 12.2. The molecule has 25 heavy (non-hydrogen) atoms. The summed E-state index contributed by atoms with van der Waals surface area (Å²) in [5.74, 6) is 1.41. The minimum absolute atomic E-state index is 0.242. The van der Waals surface area contributed by atoms with Gasteiger partial charge < -0.3 is 9.47 Å². The van der Waals surface area contributed by atoms with Crippen LogP contribution in [0, 0.1) is 13.8 Å². The molecule has 3 aromatic rings. The molecular formula is C18H20N4O3. The van der Waals surface area contributed by atoms with Crippen LogP contribution < -0.4 is 15.2 Å². The van der Waals surface area contributed by atoms with Crippen molar-refractivity contribution in [1.82, 2.24) is 19.8 Å². The summed E-state index contributed by atoms with van der Waals surface area (Å²) in [6.45, 7) is 4.28. The van der Waals surface area contributed by atoms with Crippen LogP contribution in [-0.4, -0.2) is 26.9 Å². The molecular weight excluding hydrogens is 320 g/mol. The van der Waals surface area contributed by atoms with E-state index >= 15 is 0 Å². The number of tetrazole rings is 1. The van der Waals surface area contributed by atoms with Crippen LogP contribution in [0.15, 0.2) is 41.2 Å². The van der Waals surface area contributed by atoms with E-state index in [1.54, 1.807) is 26.3 Å². The Labute approximate surface area is 145 Å². The highest BCUT2D eigenvalue weighted by Crippen LogP contribution is 2.27. The van der Waals surface area contributed by atoms with Gasteiger partial charge in [-0.3, -0.25) is 0 Å². The summed E-state index contributed by atoms with van der Waals surface area (Å²) in [5, 5.41) is 7.68. The molecule has 2 aromatic carbocycles. The van der Waals surface area contributed by atoms with Crippen LogP contribution in [0.25, 0.3) is 5.69 Å². The number of nitrogens with zero attached hydrogens (tertiary/aromatic N) is 4. The van der Waals surface area contributed by atoms with Crippen molar-refractivity contribution in [3.8, 4) is 17.2 Å². The maximum absolute atomic E-state index is 12.2. The zero-order valence-corrected chi connectivity index (χ0v) is 14.7. The van der Waals surface area contributed by atoms with Crippen molar-refractivity contribution in [1.29, 1.82) is 0 Å². The van der Waals surface area contributed by atoms with Crippen LogP contribution in [-0.2, 0) is 13.7 Å². The van der Waals surface area contributed by atoms with Crippen molar-refractivity contribution < 1.29 is 9.47 Å². The fourth-order valence-corrected chi connectivity index (χ4v) is 2.66. The number of hydrogen-bond acceptors (Lipinski definition) is 5. The fraction of sp³-hybridized carbons (Fsp3) is 0.278. The molecule has 0 aliphatic heterocycles. The van der Waals surface area contributed by atoms with E-state index in [9.17, 15) is 4.79 Å². The second-order valence-electron chi connectivity index (χ2n) is 5.81. The van der Waals surface area contributed by atoms with E-state index in [0.717, 1.165) is 16.9 Å². The predicted octanol–water partition coefficient (Wildman–Crippen LogP) is 2.17. The molecule has 0 fully saturated rings. The van der Waals surface area contributed by atoms with Crippen molar-refractivity contribution in [3.63, 3.8) is 0 Å². The number of hydrogen-bond donors (Lipinski definition) is 0. The first kappa shape index (κ1) is 16.8. The van der Waals surface area contributed by atoms with Gasteiger partial charge in [0.25, 0.3) is 0 Å². The molecule has 7 heteroatoms. The average Bonchev–Trinajstić information content (AvgIpc) is 2.93. The Morgan fingerprint density at radius 3 is 2.52 bits per heavy atom. The van der Waals surface area contributed by atoms with E-state index in [-0.39, 0.29) is 12.3 Å². The van der Waals surface area contributed by atoms with E-state index in [1.807, 2.05) is 32.0 Å². The van der Waals surface area contributed by atoms with Crippen molar-refractivity contribution in [2.75, 3.05) is 7.11 Å². The van der Waals surface area contributed by atoms with Gasteiger partial charge in [-0.05, 0) is 48.0 Å². The van der Waals surface area contributed by atoms with E-state index < -0.39 is 0 Å². The molecule has 0 aliphatic rings. The van der Waals surface area contributed by atoms with Crippen molar-refractivity contribution in [2.24, 2.45) is 7.05 Å². The number of ether oxygens (including phenoxy) is 2. The molecule has 1 aromatic heterocycles. The summed E-state index contributed by atoms with van der Waals surface area (Å²) in [6.07, 6.45) is 0. The molecule has 0 aliphatic carbocycles.